The van der Waals surface area contributed by atoms with Crippen molar-refractivity contribution in [3.63, 3.8) is 0 Å². The molecule has 0 aromatic heterocycles. The summed E-state index contributed by atoms with van der Waals surface area (Å²) in [6.45, 7) is 4.63. The highest BCUT2D eigenvalue weighted by molar-refractivity contribution is 5.52. The van der Waals surface area contributed by atoms with Crippen molar-refractivity contribution in [2.75, 3.05) is 0 Å². The van der Waals surface area contributed by atoms with Crippen molar-refractivity contribution in [1.29, 1.82) is 10.5 Å². The van der Waals surface area contributed by atoms with Crippen LogP contribution in [0.1, 0.15) is 31.9 Å². The third-order valence-electron chi connectivity index (χ3n) is 1.91. The molecule has 3 nitrogen and oxygen atoms in total. The van der Waals surface area contributed by atoms with Gasteiger partial charge in [0, 0.05) is 0 Å². The van der Waals surface area contributed by atoms with Gasteiger partial charge in [0.2, 0.25) is 0 Å². The molecule has 0 atom stereocenters. The van der Waals surface area contributed by atoms with Crippen LogP contribution in [0, 0.1) is 40.1 Å². The molecular formula is C12H9F3N2O. The summed E-state index contributed by atoms with van der Waals surface area (Å²) in [5, 5.41) is 17.3. The molecule has 0 N–H and O–H groups in total. The van der Waals surface area contributed by atoms with Crippen LogP contribution in [0.25, 0.3) is 0 Å². The third kappa shape index (κ3) is 2.38. The Balaban J connectivity index is 3.65. The summed E-state index contributed by atoms with van der Waals surface area (Å²) in [5.41, 5.74) is -2.92. The highest BCUT2D eigenvalue weighted by Gasteiger charge is 2.28. The standard InChI is InChI=1S/C12H9F3N2O/c1-12(2,3)18-11-7(5-17)9(14)8(13)6(4-16)10(11)15/h1-3H3. The molecule has 6 heteroatoms. The highest BCUT2D eigenvalue weighted by Crippen LogP contribution is 2.32. The van der Waals surface area contributed by atoms with E-state index in [-0.39, 0.29) is 0 Å². The van der Waals surface area contributed by atoms with Crippen molar-refractivity contribution in [3.8, 4) is 17.9 Å². The molecule has 18 heavy (non-hydrogen) atoms. The summed E-state index contributed by atoms with van der Waals surface area (Å²) in [5.74, 6) is -5.40. The van der Waals surface area contributed by atoms with Gasteiger partial charge in [0.1, 0.15) is 28.9 Å². The van der Waals surface area contributed by atoms with Crippen molar-refractivity contribution < 1.29 is 17.9 Å². The van der Waals surface area contributed by atoms with E-state index in [1.54, 1.807) is 20.8 Å². The second kappa shape index (κ2) is 4.58. The molecule has 0 aliphatic rings. The molecule has 0 heterocycles. The quantitative estimate of drug-likeness (QED) is 0.724. The topological polar surface area (TPSA) is 56.8 Å². The maximum Gasteiger partial charge on any atom is 0.187 e. The molecule has 0 fully saturated rings. The molecule has 1 rings (SSSR count). The molecule has 0 radical (unpaired) electrons. The van der Waals surface area contributed by atoms with Gasteiger partial charge in [0.15, 0.2) is 23.2 Å². The summed E-state index contributed by atoms with van der Waals surface area (Å²) in [7, 11) is 0. The van der Waals surface area contributed by atoms with E-state index in [9.17, 15) is 13.2 Å². The lowest BCUT2D eigenvalue weighted by Gasteiger charge is -2.22. The van der Waals surface area contributed by atoms with Crippen LogP contribution in [0.5, 0.6) is 5.75 Å². The first-order chi connectivity index (χ1) is 8.22. The second-order valence-electron chi connectivity index (χ2n) is 4.46. The number of hydrogen-bond donors (Lipinski definition) is 0. The summed E-state index contributed by atoms with van der Waals surface area (Å²) in [6.07, 6.45) is 0. The van der Waals surface area contributed by atoms with Gasteiger partial charge in [-0.05, 0) is 20.8 Å². The molecule has 0 saturated carbocycles. The van der Waals surface area contributed by atoms with E-state index >= 15 is 0 Å². The molecule has 0 bridgehead atoms. The highest BCUT2D eigenvalue weighted by atomic mass is 19.2. The molecule has 1 aromatic rings. The molecule has 0 aliphatic heterocycles. The Kier molecular flexibility index (Phi) is 3.52. The summed E-state index contributed by atoms with van der Waals surface area (Å²) >= 11 is 0. The van der Waals surface area contributed by atoms with E-state index in [0.717, 1.165) is 0 Å². The van der Waals surface area contributed by atoms with E-state index in [0.29, 0.717) is 0 Å². The Labute approximate surface area is 102 Å². The molecule has 1 aromatic carbocycles. The van der Waals surface area contributed by atoms with Gasteiger partial charge in [-0.1, -0.05) is 0 Å². The molecular weight excluding hydrogens is 245 g/mol. The van der Waals surface area contributed by atoms with Crippen molar-refractivity contribution >= 4 is 0 Å². The Bertz CT molecular complexity index is 577. The fraction of sp³-hybridized carbons (Fsp3) is 0.333. The number of rotatable bonds is 1. The summed E-state index contributed by atoms with van der Waals surface area (Å²) < 4.78 is 45.6. The predicted octanol–water partition coefficient (Wildman–Crippen LogP) is 3.02. The zero-order chi connectivity index (χ0) is 14.1. The SMILES string of the molecule is CC(C)(C)Oc1c(F)c(C#N)c(F)c(F)c1C#N. The maximum atomic E-state index is 13.8. The van der Waals surface area contributed by atoms with Crippen LogP contribution in [0.3, 0.4) is 0 Å². The molecule has 0 amide bonds. The molecule has 0 unspecified atom stereocenters. The number of nitriles is 2. The number of benzene rings is 1. The summed E-state index contributed by atoms with van der Waals surface area (Å²) in [4.78, 5) is 0. The van der Waals surface area contributed by atoms with Crippen LogP contribution in [-0.2, 0) is 0 Å². The minimum atomic E-state index is -1.69. The molecule has 0 spiro atoms. The van der Waals surface area contributed by atoms with Crippen molar-refractivity contribution in [2.45, 2.75) is 26.4 Å². The fourth-order valence-corrected chi connectivity index (χ4v) is 1.24. The number of halogens is 3. The van der Waals surface area contributed by atoms with E-state index in [4.69, 9.17) is 15.3 Å². The minimum Gasteiger partial charge on any atom is -0.484 e. The molecule has 94 valence electrons. The van der Waals surface area contributed by atoms with Crippen LogP contribution >= 0.6 is 0 Å². The van der Waals surface area contributed by atoms with E-state index in [1.165, 1.54) is 12.1 Å². The number of ether oxygens (including phenoxy) is 1. The van der Waals surface area contributed by atoms with E-state index in [2.05, 4.69) is 0 Å². The lowest BCUT2D eigenvalue weighted by molar-refractivity contribution is 0.122. The van der Waals surface area contributed by atoms with Crippen LogP contribution in [0.4, 0.5) is 13.2 Å². The molecule has 0 aliphatic carbocycles. The average Bonchev–Trinajstić information content (AvgIpc) is 2.25. The predicted molar refractivity (Wildman–Crippen MR) is 56.1 cm³/mol. The van der Waals surface area contributed by atoms with Gasteiger partial charge in [0.05, 0.1) is 0 Å². The van der Waals surface area contributed by atoms with Gasteiger partial charge < -0.3 is 4.74 Å². The van der Waals surface area contributed by atoms with Gasteiger partial charge in [-0.3, -0.25) is 0 Å². The van der Waals surface area contributed by atoms with Crippen LogP contribution in [0.15, 0.2) is 0 Å². The van der Waals surface area contributed by atoms with Crippen molar-refractivity contribution in [1.82, 2.24) is 0 Å². The van der Waals surface area contributed by atoms with Crippen LogP contribution < -0.4 is 4.74 Å². The second-order valence-corrected chi connectivity index (χ2v) is 4.46. The van der Waals surface area contributed by atoms with Crippen molar-refractivity contribution in [3.05, 3.63) is 28.6 Å². The minimum absolute atomic E-state index is 0.750. The first-order valence-corrected chi connectivity index (χ1v) is 4.92. The van der Waals surface area contributed by atoms with Gasteiger partial charge >= 0.3 is 0 Å². The van der Waals surface area contributed by atoms with Crippen LogP contribution in [-0.4, -0.2) is 5.60 Å². The molecule has 0 saturated heterocycles. The van der Waals surface area contributed by atoms with E-state index < -0.39 is 39.9 Å². The third-order valence-corrected chi connectivity index (χ3v) is 1.91. The Morgan fingerprint density at radius 3 is 1.72 bits per heavy atom. The summed E-state index contributed by atoms with van der Waals surface area (Å²) in [6, 6.07) is 2.53. The fourth-order valence-electron chi connectivity index (χ4n) is 1.24. The Hall–Kier alpha value is -2.21. The number of hydrogen-bond acceptors (Lipinski definition) is 3. The van der Waals surface area contributed by atoms with Gasteiger partial charge in [-0.25, -0.2) is 13.2 Å². The monoisotopic (exact) mass is 254 g/mol. The van der Waals surface area contributed by atoms with Gasteiger partial charge in [-0.2, -0.15) is 10.5 Å². The maximum absolute atomic E-state index is 13.8. The zero-order valence-corrected chi connectivity index (χ0v) is 9.94. The Morgan fingerprint density at radius 2 is 1.33 bits per heavy atom. The Morgan fingerprint density at radius 1 is 0.889 bits per heavy atom. The van der Waals surface area contributed by atoms with E-state index in [1.807, 2.05) is 0 Å². The lowest BCUT2D eigenvalue weighted by atomic mass is 10.1. The van der Waals surface area contributed by atoms with Crippen LogP contribution in [0.2, 0.25) is 0 Å². The largest absolute Gasteiger partial charge is 0.484 e. The number of nitrogens with zero attached hydrogens (tertiary/aromatic N) is 2. The smallest absolute Gasteiger partial charge is 0.187 e. The first kappa shape index (κ1) is 13.9. The van der Waals surface area contributed by atoms with Crippen molar-refractivity contribution in [2.24, 2.45) is 0 Å². The van der Waals surface area contributed by atoms with Gasteiger partial charge in [-0.15, -0.1) is 0 Å². The average molecular weight is 254 g/mol. The lowest BCUT2D eigenvalue weighted by Crippen LogP contribution is -2.25. The van der Waals surface area contributed by atoms with Gasteiger partial charge in [0.25, 0.3) is 0 Å². The zero-order valence-electron chi connectivity index (χ0n) is 9.94. The first-order valence-electron chi connectivity index (χ1n) is 4.92. The normalized spacial score (nSPS) is 10.7.